The second-order valence-corrected chi connectivity index (χ2v) is 38.4. The molecule has 15 aromatic rings. The van der Waals surface area contributed by atoms with E-state index in [1.54, 1.807) is 113 Å². The van der Waals surface area contributed by atoms with Crippen LogP contribution in [0.5, 0.6) is 11.5 Å². The van der Waals surface area contributed by atoms with Crippen molar-refractivity contribution in [3.05, 3.63) is 299 Å². The molecular formula is C90H66Cl3F6N5O17S10. The van der Waals surface area contributed by atoms with Crippen molar-refractivity contribution < 1.29 is 109 Å². The predicted octanol–water partition coefficient (Wildman–Crippen LogP) is 28.0. The fourth-order valence-corrected chi connectivity index (χ4v) is 21.9. The number of carboxylic acids is 5. The molecule has 0 spiro atoms. The topological polar surface area (TPSA) is 350 Å². The Balaban J connectivity index is 0.000000158. The average Bonchev–Trinajstić information content (AvgIpc) is 1.62. The Hall–Kier alpha value is -12.2. The molecule has 0 aliphatic carbocycles. The fourth-order valence-electron chi connectivity index (χ4n) is 12.4. The molecule has 0 aliphatic heterocycles. The molecule has 10 N–H and O–H groups in total. The van der Waals surface area contributed by atoms with Crippen molar-refractivity contribution in [3.8, 4) is 67.1 Å². The van der Waals surface area contributed by atoms with Gasteiger partial charge in [0.15, 0.2) is 0 Å². The number of thiophene rings is 10. The lowest BCUT2D eigenvalue weighted by atomic mass is 9.99. The van der Waals surface area contributed by atoms with Crippen molar-refractivity contribution in [2.45, 2.75) is 53.9 Å². The van der Waals surface area contributed by atoms with E-state index in [4.69, 9.17) is 44.3 Å². The number of anilines is 5. The second-order valence-electron chi connectivity index (χ2n) is 27.4. The first-order valence-electron chi connectivity index (χ1n) is 37.4. The lowest BCUT2D eigenvalue weighted by Gasteiger charge is -2.08. The molecule has 15 rings (SSSR count). The number of carbonyl (C=O) groups is 10. The molecule has 5 aromatic carbocycles. The number of amides is 5. The zero-order chi connectivity index (χ0) is 95.4. The van der Waals surface area contributed by atoms with Gasteiger partial charge in [-0.05, 0) is 174 Å². The first kappa shape index (κ1) is 99.4. The lowest BCUT2D eigenvalue weighted by Crippen LogP contribution is -2.14. The summed E-state index contributed by atoms with van der Waals surface area (Å²) in [6.45, 7) is 11.3. The quantitative estimate of drug-likeness (QED) is 0.0282. The molecule has 0 aliphatic rings. The molecule has 22 nitrogen and oxygen atoms in total. The summed E-state index contributed by atoms with van der Waals surface area (Å²) < 4.78 is 86.9. The molecule has 0 bridgehead atoms. The van der Waals surface area contributed by atoms with Gasteiger partial charge in [-0.15, -0.1) is 113 Å². The molecule has 5 amide bonds. The number of halogens is 9. The maximum atomic E-state index is 12.7. The van der Waals surface area contributed by atoms with Crippen LogP contribution in [-0.2, 0) is 12.4 Å². The molecule has 676 valence electrons. The number of carbonyl (C=O) groups excluding carboxylic acids is 5. The molecule has 0 unspecified atom stereocenters. The monoisotopic (exact) mass is 2030 g/mol. The van der Waals surface area contributed by atoms with Gasteiger partial charge in [0.2, 0.25) is 0 Å². The number of carboxylic acid groups (broad SMARTS) is 5. The third-order valence-corrected chi connectivity index (χ3v) is 29.1. The van der Waals surface area contributed by atoms with E-state index < -0.39 is 77.0 Å². The summed E-state index contributed by atoms with van der Waals surface area (Å²) in [4.78, 5) is 124. The van der Waals surface area contributed by atoms with Gasteiger partial charge < -0.3 is 61.6 Å². The maximum Gasteiger partial charge on any atom is 0.416 e. The highest BCUT2D eigenvalue weighted by Gasteiger charge is 2.34. The van der Waals surface area contributed by atoms with Crippen LogP contribution in [0.1, 0.15) is 145 Å². The molecule has 41 heteroatoms. The minimum atomic E-state index is -4.47. The minimum absolute atomic E-state index is 0.0118. The fraction of sp³-hybridized carbons (Fsp3) is 0.111. The number of aryl methyl sites for hydroxylation is 6. The van der Waals surface area contributed by atoms with E-state index in [9.17, 15) is 99.8 Å². The predicted molar refractivity (Wildman–Crippen MR) is 511 cm³/mol. The SMILES string of the molecule is COc1c(C(=O)Nc2scc(-c3ccc(Cl)cc3)c2C(=O)O)csc1C.COc1c(C)sc(Cl)c1C(=O)Nc1scc(-c2ccc(Cl)cc2)c1C(=O)O.Cc1ccc(-c2csc(NC(=O)c3sccc3C)c2C(=O)O)cc1C.Cc1ccsc1C(=O)Nc1scc(-c2ccc(C(F)(F)F)cc2)c1C(=O)O.O=C(Nc1scc(-c2ccc(C(F)(F)F)cc2)c1C(=O)O)c1cccs1. The van der Waals surface area contributed by atoms with Crippen LogP contribution in [0.3, 0.4) is 0 Å². The van der Waals surface area contributed by atoms with E-state index in [1.165, 1.54) is 117 Å². The van der Waals surface area contributed by atoms with E-state index in [2.05, 4.69) is 26.6 Å². The van der Waals surface area contributed by atoms with E-state index in [1.807, 2.05) is 57.3 Å². The number of hydrogen-bond donors (Lipinski definition) is 10. The highest BCUT2D eigenvalue weighted by Crippen LogP contribution is 2.46. The van der Waals surface area contributed by atoms with Gasteiger partial charge >= 0.3 is 42.2 Å². The zero-order valence-electron chi connectivity index (χ0n) is 68.6. The lowest BCUT2D eigenvalue weighted by molar-refractivity contribution is -0.138. The summed E-state index contributed by atoms with van der Waals surface area (Å²) >= 11 is 29.9. The van der Waals surface area contributed by atoms with Crippen LogP contribution >= 0.6 is 148 Å². The smallest absolute Gasteiger partial charge is 0.416 e. The molecule has 0 fully saturated rings. The van der Waals surface area contributed by atoms with Crippen LogP contribution in [0.4, 0.5) is 51.3 Å². The number of nitrogens with one attached hydrogen (secondary N) is 5. The highest BCUT2D eigenvalue weighted by atomic mass is 35.5. The van der Waals surface area contributed by atoms with Crippen molar-refractivity contribution in [2.75, 3.05) is 40.8 Å². The van der Waals surface area contributed by atoms with Gasteiger partial charge in [0.05, 0.1) is 45.5 Å². The Kier molecular flexibility index (Phi) is 32.8. The number of ether oxygens (including phenoxy) is 2. The van der Waals surface area contributed by atoms with Crippen molar-refractivity contribution in [1.29, 1.82) is 0 Å². The van der Waals surface area contributed by atoms with Crippen molar-refractivity contribution in [3.63, 3.8) is 0 Å². The van der Waals surface area contributed by atoms with E-state index in [-0.39, 0.29) is 74.8 Å². The van der Waals surface area contributed by atoms with Gasteiger partial charge in [-0.25, -0.2) is 24.0 Å². The number of methoxy groups -OCH3 is 2. The Morgan fingerprint density at radius 3 is 0.985 bits per heavy atom. The maximum absolute atomic E-state index is 12.7. The third kappa shape index (κ3) is 23.8. The summed E-state index contributed by atoms with van der Waals surface area (Å²) in [6, 6.07) is 34.9. The summed E-state index contributed by atoms with van der Waals surface area (Å²) in [5.74, 6) is -7.03. The summed E-state index contributed by atoms with van der Waals surface area (Å²) in [7, 11) is 2.95. The number of rotatable bonds is 22. The van der Waals surface area contributed by atoms with Crippen LogP contribution in [0.2, 0.25) is 14.4 Å². The third-order valence-electron chi connectivity index (χ3n) is 19.0. The van der Waals surface area contributed by atoms with Crippen LogP contribution < -0.4 is 36.1 Å². The molecule has 0 saturated heterocycles. The number of alkyl halides is 6. The summed E-state index contributed by atoms with van der Waals surface area (Å²) in [5, 5.41) is 78.7. The van der Waals surface area contributed by atoms with E-state index >= 15 is 0 Å². The van der Waals surface area contributed by atoms with Gasteiger partial charge in [0.25, 0.3) is 29.5 Å². The first-order chi connectivity index (χ1) is 62.1. The van der Waals surface area contributed by atoms with Crippen LogP contribution in [0, 0.1) is 41.5 Å². The second kappa shape index (κ2) is 43.3. The van der Waals surface area contributed by atoms with Crippen LogP contribution in [0.15, 0.2) is 188 Å². The zero-order valence-corrected chi connectivity index (χ0v) is 79.0. The molecule has 0 saturated carbocycles. The van der Waals surface area contributed by atoms with Gasteiger partial charge in [0.1, 0.15) is 74.2 Å². The van der Waals surface area contributed by atoms with Gasteiger partial charge in [-0.2, -0.15) is 26.3 Å². The molecule has 131 heavy (non-hydrogen) atoms. The van der Waals surface area contributed by atoms with Crippen molar-refractivity contribution in [1.82, 2.24) is 0 Å². The Bertz CT molecular complexity index is 6800. The van der Waals surface area contributed by atoms with Gasteiger partial charge in [0, 0.05) is 79.9 Å². The normalized spacial score (nSPS) is 10.9. The van der Waals surface area contributed by atoms with Crippen LogP contribution in [-0.4, -0.2) is 99.1 Å². The number of benzene rings is 5. The number of aromatic carboxylic acids is 5. The molecule has 10 aromatic heterocycles. The summed E-state index contributed by atoms with van der Waals surface area (Å²) in [6.07, 6.45) is -8.94. The highest BCUT2D eigenvalue weighted by molar-refractivity contribution is 7.18. The Labute approximate surface area is 795 Å². The van der Waals surface area contributed by atoms with E-state index in [0.29, 0.717) is 85.7 Å². The minimum Gasteiger partial charge on any atom is -0.495 e. The molecule has 0 radical (unpaired) electrons. The van der Waals surface area contributed by atoms with Crippen molar-refractivity contribution >= 4 is 233 Å². The molecule has 0 atom stereocenters. The Morgan fingerprint density at radius 1 is 0.328 bits per heavy atom. The van der Waals surface area contributed by atoms with E-state index in [0.717, 1.165) is 107 Å². The molecule has 10 heterocycles. The Morgan fingerprint density at radius 2 is 0.664 bits per heavy atom. The van der Waals surface area contributed by atoms with Gasteiger partial charge in [-0.1, -0.05) is 108 Å². The standard InChI is InChI=1S/C19H17NO3S2.C18H13Cl2NO4S2.C18H14ClNO4S2.C18H12F3NO3S2.C17H10F3NO3S2/c1-10-4-5-13(8-12(10)3)14-9-25-18(15(14)19(22)23)20-17(21)16-11(2)6-7-24-16;1-8-14(25-2)13(15(20)27-8)16(22)21-17-12(18(23)24)11(7-26-17)9-3-5-10(19)6-4-9;1-9-15(24-2)13(8-25-9)16(21)20-17-14(18(22)23)12(7-26-17)10-3-5-11(19)6-4-10;1-9-6-7-26-14(9)15(23)22-16-13(17(24)25)12(8-27-16)10-2-4-11(5-3-10)18(19,20)21;18-17(19,20)10-5-3-9(4-6-10)11-8-26-15(13(11)16(23)24)21-14(22)12-2-1-7-25-12/h4-9H,1-3H3,(H,20,21)(H,22,23);3-7H,1-2H3,(H,21,22)(H,23,24);3-8H,1-2H3,(H,20,21)(H,22,23);2-8H,1H3,(H,22,23)(H,24,25);1-8H,(H,21,22)(H,23,24). The molecular weight excluding hydrogens is 1960 g/mol. The average molecular weight is 2030 g/mol. The first-order valence-corrected chi connectivity index (χ1v) is 47.3. The van der Waals surface area contributed by atoms with Crippen LogP contribution in [0.25, 0.3) is 55.6 Å². The largest absolute Gasteiger partial charge is 0.495 e. The summed E-state index contributed by atoms with van der Waals surface area (Å²) in [5.41, 5.74) is 7.77. The van der Waals surface area contributed by atoms with Crippen molar-refractivity contribution in [2.24, 2.45) is 0 Å². The number of hydrogen-bond acceptors (Lipinski definition) is 22. The van der Waals surface area contributed by atoms with Gasteiger partial charge in [-0.3, -0.25) is 24.0 Å².